The lowest BCUT2D eigenvalue weighted by atomic mass is 10.0. The molecular weight excluding hydrogens is 356 g/mol. The second-order valence-electron chi connectivity index (χ2n) is 6.12. The number of benzene rings is 2. The van der Waals surface area contributed by atoms with Crippen molar-refractivity contribution in [2.75, 3.05) is 0 Å². The molecule has 0 fully saturated rings. The van der Waals surface area contributed by atoms with Gasteiger partial charge in [-0.15, -0.1) is 0 Å². The Labute approximate surface area is 164 Å². The highest BCUT2D eigenvalue weighted by Gasteiger charge is 2.10. The molecule has 0 aliphatic heterocycles. The molecule has 0 unspecified atom stereocenters. The van der Waals surface area contributed by atoms with E-state index < -0.39 is 11.9 Å². The number of rotatable bonds is 8. The molecule has 0 radical (unpaired) electrons. The highest BCUT2D eigenvalue weighted by atomic mass is 16.7. The standard InChI is InChI=1S/C22H24N2O4/c1-4-21(25)27-23-16(3)15-20(24-28-22(26)5-2)19-13-11-18(12-14-19)17-9-7-6-8-10-17/h6-14H,4-5,15H2,1-3H3/b23-16+,24-20-. The minimum absolute atomic E-state index is 0.227. The second kappa shape index (κ2) is 10.8. The predicted molar refractivity (Wildman–Crippen MR) is 109 cm³/mol. The van der Waals surface area contributed by atoms with Crippen LogP contribution in [0.5, 0.6) is 0 Å². The average Bonchev–Trinajstić information content (AvgIpc) is 2.75. The fraction of sp³-hybridized carbons (Fsp3) is 0.273. The Bertz CT molecular complexity index is 856. The van der Waals surface area contributed by atoms with E-state index in [1.54, 1.807) is 20.8 Å². The summed E-state index contributed by atoms with van der Waals surface area (Å²) < 4.78 is 0. The van der Waals surface area contributed by atoms with Gasteiger partial charge in [-0.3, -0.25) is 0 Å². The zero-order chi connectivity index (χ0) is 20.4. The molecule has 0 bridgehead atoms. The third-order valence-corrected chi connectivity index (χ3v) is 3.89. The summed E-state index contributed by atoms with van der Waals surface area (Å²) in [6.45, 7) is 5.11. The second-order valence-corrected chi connectivity index (χ2v) is 6.12. The SMILES string of the molecule is CCC(=O)O/N=C(/C/C(C)=N/OC(=O)CC)c1ccc(-c2ccccc2)cc1. The molecule has 0 aliphatic rings. The van der Waals surface area contributed by atoms with Gasteiger partial charge in [-0.05, 0) is 23.6 Å². The third-order valence-electron chi connectivity index (χ3n) is 3.89. The van der Waals surface area contributed by atoms with E-state index in [0.717, 1.165) is 16.7 Å². The van der Waals surface area contributed by atoms with Gasteiger partial charge < -0.3 is 9.68 Å². The zero-order valence-electron chi connectivity index (χ0n) is 16.3. The molecule has 146 valence electrons. The van der Waals surface area contributed by atoms with E-state index >= 15 is 0 Å². The van der Waals surface area contributed by atoms with Crippen molar-refractivity contribution in [2.24, 2.45) is 10.3 Å². The Kier molecular flexibility index (Phi) is 8.09. The zero-order valence-corrected chi connectivity index (χ0v) is 16.3. The largest absolute Gasteiger partial charge is 0.334 e. The minimum Gasteiger partial charge on any atom is -0.318 e. The smallest absolute Gasteiger partial charge is 0.318 e. The topological polar surface area (TPSA) is 77.3 Å². The van der Waals surface area contributed by atoms with Crippen LogP contribution in [0.25, 0.3) is 11.1 Å². The molecule has 0 saturated carbocycles. The van der Waals surface area contributed by atoms with E-state index in [9.17, 15) is 9.59 Å². The summed E-state index contributed by atoms with van der Waals surface area (Å²) in [5, 5.41) is 7.82. The van der Waals surface area contributed by atoms with Crippen molar-refractivity contribution < 1.29 is 19.3 Å². The van der Waals surface area contributed by atoms with Crippen molar-refractivity contribution in [3.05, 3.63) is 60.2 Å². The Hall–Kier alpha value is -3.28. The van der Waals surface area contributed by atoms with Gasteiger partial charge in [0.15, 0.2) is 0 Å². The van der Waals surface area contributed by atoms with Gasteiger partial charge in [0.1, 0.15) is 0 Å². The molecule has 0 saturated heterocycles. The minimum atomic E-state index is -0.426. The van der Waals surface area contributed by atoms with E-state index in [1.165, 1.54) is 0 Å². The maximum atomic E-state index is 11.5. The summed E-state index contributed by atoms with van der Waals surface area (Å²) in [5.41, 5.74) is 4.03. The average molecular weight is 380 g/mol. The van der Waals surface area contributed by atoms with Gasteiger partial charge in [-0.1, -0.05) is 78.8 Å². The lowest BCUT2D eigenvalue weighted by Crippen LogP contribution is -2.10. The maximum Gasteiger partial charge on any atom is 0.334 e. The molecular formula is C22H24N2O4. The number of oxime groups is 2. The number of carbonyl (C=O) groups excluding carboxylic acids is 2. The van der Waals surface area contributed by atoms with E-state index in [2.05, 4.69) is 10.3 Å². The van der Waals surface area contributed by atoms with Crippen molar-refractivity contribution in [1.29, 1.82) is 0 Å². The Morgan fingerprint density at radius 2 is 1.32 bits per heavy atom. The number of carbonyl (C=O) groups is 2. The molecule has 0 N–H and O–H groups in total. The normalized spacial score (nSPS) is 11.8. The molecule has 2 rings (SSSR count). The van der Waals surface area contributed by atoms with Crippen molar-refractivity contribution in [3.63, 3.8) is 0 Å². The van der Waals surface area contributed by atoms with Crippen LogP contribution in [0.1, 0.15) is 45.6 Å². The molecule has 0 amide bonds. The summed E-state index contributed by atoms with van der Waals surface area (Å²) in [7, 11) is 0. The van der Waals surface area contributed by atoms with Gasteiger partial charge in [0.2, 0.25) is 0 Å². The quantitative estimate of drug-likeness (QED) is 0.377. The Balaban J connectivity index is 2.23. The molecule has 28 heavy (non-hydrogen) atoms. The molecule has 0 aromatic heterocycles. The molecule has 6 nitrogen and oxygen atoms in total. The van der Waals surface area contributed by atoms with Crippen LogP contribution in [0, 0.1) is 0 Å². The van der Waals surface area contributed by atoms with Gasteiger partial charge in [0.25, 0.3) is 0 Å². The van der Waals surface area contributed by atoms with E-state index in [-0.39, 0.29) is 19.3 Å². The molecule has 2 aromatic carbocycles. The van der Waals surface area contributed by atoms with Crippen LogP contribution in [-0.4, -0.2) is 23.4 Å². The molecule has 0 spiro atoms. The monoisotopic (exact) mass is 380 g/mol. The van der Waals surface area contributed by atoms with E-state index in [4.69, 9.17) is 9.68 Å². The van der Waals surface area contributed by atoms with E-state index in [1.807, 2.05) is 54.6 Å². The first-order valence-electron chi connectivity index (χ1n) is 9.19. The van der Waals surface area contributed by atoms with Gasteiger partial charge in [0, 0.05) is 19.3 Å². The fourth-order valence-electron chi connectivity index (χ4n) is 2.31. The predicted octanol–water partition coefficient (Wildman–Crippen LogP) is 4.73. The third kappa shape index (κ3) is 6.46. The van der Waals surface area contributed by atoms with Gasteiger partial charge in [-0.2, -0.15) is 0 Å². The van der Waals surface area contributed by atoms with Crippen molar-refractivity contribution >= 4 is 23.4 Å². The van der Waals surface area contributed by atoms with Crippen LogP contribution in [0.3, 0.4) is 0 Å². The van der Waals surface area contributed by atoms with Gasteiger partial charge >= 0.3 is 11.9 Å². The van der Waals surface area contributed by atoms with Crippen LogP contribution in [0.2, 0.25) is 0 Å². The van der Waals surface area contributed by atoms with Crippen molar-refractivity contribution in [1.82, 2.24) is 0 Å². The first-order chi connectivity index (χ1) is 13.5. The molecule has 2 aromatic rings. The Morgan fingerprint density at radius 1 is 0.786 bits per heavy atom. The van der Waals surface area contributed by atoms with Gasteiger partial charge in [-0.25, -0.2) is 9.59 Å². The van der Waals surface area contributed by atoms with Crippen molar-refractivity contribution in [3.8, 4) is 11.1 Å². The first-order valence-corrected chi connectivity index (χ1v) is 9.19. The lowest BCUT2D eigenvalue weighted by molar-refractivity contribution is -0.144. The molecule has 0 atom stereocenters. The highest BCUT2D eigenvalue weighted by molar-refractivity contribution is 6.12. The van der Waals surface area contributed by atoms with E-state index in [0.29, 0.717) is 11.4 Å². The molecule has 0 aliphatic carbocycles. The van der Waals surface area contributed by atoms with Crippen LogP contribution in [-0.2, 0) is 19.3 Å². The van der Waals surface area contributed by atoms with Crippen LogP contribution >= 0.6 is 0 Å². The van der Waals surface area contributed by atoms with Crippen LogP contribution < -0.4 is 0 Å². The Morgan fingerprint density at radius 3 is 1.89 bits per heavy atom. The van der Waals surface area contributed by atoms with Crippen LogP contribution in [0.15, 0.2) is 64.9 Å². The maximum absolute atomic E-state index is 11.5. The summed E-state index contributed by atoms with van der Waals surface area (Å²) in [5.74, 6) is -0.840. The molecule has 0 heterocycles. The van der Waals surface area contributed by atoms with Crippen molar-refractivity contribution in [2.45, 2.75) is 40.0 Å². The fourth-order valence-corrected chi connectivity index (χ4v) is 2.31. The van der Waals surface area contributed by atoms with Crippen LogP contribution in [0.4, 0.5) is 0 Å². The number of nitrogens with zero attached hydrogens (tertiary/aromatic N) is 2. The highest BCUT2D eigenvalue weighted by Crippen LogP contribution is 2.20. The summed E-state index contributed by atoms with van der Waals surface area (Å²) >= 11 is 0. The lowest BCUT2D eigenvalue weighted by Gasteiger charge is -2.08. The summed E-state index contributed by atoms with van der Waals surface area (Å²) in [4.78, 5) is 32.5. The first kappa shape index (κ1) is 21.0. The van der Waals surface area contributed by atoms with Gasteiger partial charge in [0.05, 0.1) is 11.4 Å². The number of hydrogen-bond donors (Lipinski definition) is 0. The molecule has 6 heteroatoms. The summed E-state index contributed by atoms with van der Waals surface area (Å²) in [6.07, 6.45) is 0.746. The number of hydrogen-bond acceptors (Lipinski definition) is 6. The summed E-state index contributed by atoms with van der Waals surface area (Å²) in [6, 6.07) is 17.8.